The molecule has 8 nitrogen and oxygen atoms in total. The summed E-state index contributed by atoms with van der Waals surface area (Å²) in [5, 5.41) is 11.5. The van der Waals surface area contributed by atoms with Crippen molar-refractivity contribution < 1.29 is 9.59 Å². The van der Waals surface area contributed by atoms with E-state index in [1.807, 2.05) is 48.5 Å². The number of hydrogen-bond donors (Lipinski definition) is 4. The molecule has 0 fully saturated rings. The Morgan fingerprint density at radius 1 is 0.587 bits per heavy atom. The molecule has 244 valence electrons. The molecule has 46 heavy (non-hydrogen) atoms. The molecule has 4 amide bonds. The van der Waals surface area contributed by atoms with Crippen LogP contribution in [-0.4, -0.2) is 51.3 Å². The topological polar surface area (TPSA) is 88.7 Å². The number of likely N-dealkylation sites (N-methyl/N-ethyl adjacent to an activating group) is 2. The standard InChI is InChI=1S/2C18H22BrN3O/c2*1-3-22(15-8-6-7-14(2)13-15)12-11-20-18(23)21-17-10-5-4-9-16(17)19/h2*4-10,13H,3,11-12H2,1-2H3,(H2,20,21,23). The van der Waals surface area contributed by atoms with Gasteiger partial charge in [0.15, 0.2) is 0 Å². The molecule has 0 atom stereocenters. The lowest BCUT2D eigenvalue weighted by atomic mass is 10.2. The van der Waals surface area contributed by atoms with E-state index in [4.69, 9.17) is 0 Å². The Morgan fingerprint density at radius 3 is 1.33 bits per heavy atom. The molecule has 0 unspecified atom stereocenters. The Balaban J connectivity index is 0.000000250. The highest BCUT2D eigenvalue weighted by Gasteiger charge is 2.09. The zero-order valence-electron chi connectivity index (χ0n) is 26.9. The van der Waals surface area contributed by atoms with Crippen LogP contribution in [-0.2, 0) is 0 Å². The Hall–Kier alpha value is -4.02. The summed E-state index contributed by atoms with van der Waals surface area (Å²) in [4.78, 5) is 28.4. The van der Waals surface area contributed by atoms with Crippen LogP contribution in [0.5, 0.6) is 0 Å². The zero-order chi connectivity index (χ0) is 33.3. The fraction of sp³-hybridized carbons (Fsp3) is 0.278. The van der Waals surface area contributed by atoms with Gasteiger partial charge in [0.05, 0.1) is 11.4 Å². The second-order valence-corrected chi connectivity index (χ2v) is 12.3. The normalized spacial score (nSPS) is 10.2. The number of amides is 4. The average molecular weight is 753 g/mol. The number of carbonyl (C=O) groups excluding carboxylic acids is 2. The van der Waals surface area contributed by atoms with E-state index in [-0.39, 0.29) is 12.1 Å². The first-order valence-corrected chi connectivity index (χ1v) is 17.0. The largest absolute Gasteiger partial charge is 0.370 e. The molecule has 4 aromatic carbocycles. The third kappa shape index (κ3) is 12.4. The van der Waals surface area contributed by atoms with Crippen LogP contribution in [0.25, 0.3) is 0 Å². The molecular weight excluding hydrogens is 708 g/mol. The maximum absolute atomic E-state index is 12.0. The molecule has 0 aromatic heterocycles. The first-order valence-electron chi connectivity index (χ1n) is 15.4. The minimum Gasteiger partial charge on any atom is -0.370 e. The number of carbonyl (C=O) groups is 2. The summed E-state index contributed by atoms with van der Waals surface area (Å²) < 4.78 is 1.73. The van der Waals surface area contributed by atoms with Gasteiger partial charge in [0, 0.05) is 59.6 Å². The van der Waals surface area contributed by atoms with Crippen molar-refractivity contribution in [1.82, 2.24) is 10.6 Å². The van der Waals surface area contributed by atoms with Gasteiger partial charge in [-0.1, -0.05) is 48.5 Å². The van der Waals surface area contributed by atoms with E-state index >= 15 is 0 Å². The molecule has 0 aliphatic rings. The first-order chi connectivity index (χ1) is 22.2. The Morgan fingerprint density at radius 2 is 0.978 bits per heavy atom. The summed E-state index contributed by atoms with van der Waals surface area (Å²) in [5.41, 5.74) is 6.36. The number of nitrogens with zero attached hydrogens (tertiary/aromatic N) is 2. The van der Waals surface area contributed by atoms with Gasteiger partial charge in [-0.15, -0.1) is 0 Å². The number of anilines is 4. The van der Waals surface area contributed by atoms with E-state index in [1.165, 1.54) is 22.5 Å². The Labute approximate surface area is 290 Å². The van der Waals surface area contributed by atoms with Gasteiger partial charge < -0.3 is 31.1 Å². The molecule has 4 N–H and O–H groups in total. The lowest BCUT2D eigenvalue weighted by Crippen LogP contribution is -2.37. The molecule has 0 heterocycles. The minimum atomic E-state index is -0.197. The van der Waals surface area contributed by atoms with E-state index in [2.05, 4.69) is 139 Å². The van der Waals surface area contributed by atoms with Gasteiger partial charge in [-0.2, -0.15) is 0 Å². The fourth-order valence-electron chi connectivity index (χ4n) is 4.66. The molecule has 4 rings (SSSR count). The number of rotatable bonds is 12. The van der Waals surface area contributed by atoms with Crippen molar-refractivity contribution in [2.24, 2.45) is 0 Å². The maximum Gasteiger partial charge on any atom is 0.319 e. The predicted molar refractivity (Wildman–Crippen MR) is 200 cm³/mol. The summed E-state index contributed by atoms with van der Waals surface area (Å²) in [6.45, 7) is 12.9. The van der Waals surface area contributed by atoms with Crippen molar-refractivity contribution in [2.75, 3.05) is 59.7 Å². The molecular formula is C36H44Br2N6O2. The Bertz CT molecular complexity index is 1440. The van der Waals surface area contributed by atoms with Crippen molar-refractivity contribution in [2.45, 2.75) is 27.7 Å². The summed E-state index contributed by atoms with van der Waals surface area (Å²) in [7, 11) is 0. The van der Waals surface area contributed by atoms with E-state index in [9.17, 15) is 9.59 Å². The van der Waals surface area contributed by atoms with Crippen LogP contribution in [0.15, 0.2) is 106 Å². The lowest BCUT2D eigenvalue weighted by Gasteiger charge is -2.23. The van der Waals surface area contributed by atoms with Gasteiger partial charge in [0.2, 0.25) is 0 Å². The van der Waals surface area contributed by atoms with Gasteiger partial charge in [-0.05, 0) is 119 Å². The molecule has 0 aliphatic carbocycles. The highest BCUT2D eigenvalue weighted by molar-refractivity contribution is 9.11. The summed E-state index contributed by atoms with van der Waals surface area (Å²) in [5.74, 6) is 0. The van der Waals surface area contributed by atoms with E-state index in [1.54, 1.807) is 0 Å². The monoisotopic (exact) mass is 750 g/mol. The smallest absolute Gasteiger partial charge is 0.319 e. The Kier molecular flexibility index (Phi) is 15.4. The van der Waals surface area contributed by atoms with Gasteiger partial charge in [-0.3, -0.25) is 0 Å². The van der Waals surface area contributed by atoms with Gasteiger partial charge in [0.25, 0.3) is 0 Å². The van der Waals surface area contributed by atoms with Crippen LogP contribution in [0.4, 0.5) is 32.3 Å². The zero-order valence-corrected chi connectivity index (χ0v) is 30.1. The maximum atomic E-state index is 12.0. The average Bonchev–Trinajstić information content (AvgIpc) is 3.04. The molecule has 0 saturated heterocycles. The van der Waals surface area contributed by atoms with Crippen LogP contribution in [0.1, 0.15) is 25.0 Å². The summed E-state index contributed by atoms with van der Waals surface area (Å²) >= 11 is 6.83. The summed E-state index contributed by atoms with van der Waals surface area (Å²) in [6, 6.07) is 31.5. The molecule has 0 radical (unpaired) electrons. The third-order valence-corrected chi connectivity index (χ3v) is 8.46. The first kappa shape index (κ1) is 36.4. The van der Waals surface area contributed by atoms with Crippen LogP contribution >= 0.6 is 31.9 Å². The molecule has 0 aliphatic heterocycles. The number of halogens is 2. The van der Waals surface area contributed by atoms with Crippen LogP contribution in [0.3, 0.4) is 0 Å². The number of urea groups is 2. The van der Waals surface area contributed by atoms with E-state index in [0.29, 0.717) is 13.1 Å². The minimum absolute atomic E-state index is 0.197. The number of nitrogens with one attached hydrogen (secondary N) is 4. The second-order valence-electron chi connectivity index (χ2n) is 10.6. The SMILES string of the molecule is CCN(CCNC(=O)Nc1ccccc1Br)c1cccc(C)c1.CCN(CCNC(=O)Nc1ccccc1Br)c1cccc(C)c1. The highest BCUT2D eigenvalue weighted by atomic mass is 79.9. The lowest BCUT2D eigenvalue weighted by molar-refractivity contribution is 0.251. The molecule has 0 saturated carbocycles. The summed E-state index contributed by atoms with van der Waals surface area (Å²) in [6.07, 6.45) is 0. The number of para-hydroxylation sites is 2. The number of benzene rings is 4. The quantitative estimate of drug-likeness (QED) is 0.117. The van der Waals surface area contributed by atoms with Gasteiger partial charge in [0.1, 0.15) is 0 Å². The van der Waals surface area contributed by atoms with Crippen molar-refractivity contribution in [3.63, 3.8) is 0 Å². The predicted octanol–water partition coefficient (Wildman–Crippen LogP) is 8.81. The second kappa shape index (κ2) is 19.5. The molecule has 4 aromatic rings. The molecule has 10 heteroatoms. The number of aryl methyl sites for hydroxylation is 2. The van der Waals surface area contributed by atoms with E-state index < -0.39 is 0 Å². The van der Waals surface area contributed by atoms with Crippen molar-refractivity contribution in [3.05, 3.63) is 117 Å². The number of hydrogen-bond acceptors (Lipinski definition) is 4. The van der Waals surface area contributed by atoms with Crippen LogP contribution < -0.4 is 31.1 Å². The highest BCUT2D eigenvalue weighted by Crippen LogP contribution is 2.22. The van der Waals surface area contributed by atoms with Gasteiger partial charge >= 0.3 is 12.1 Å². The molecule has 0 spiro atoms. The van der Waals surface area contributed by atoms with Crippen LogP contribution in [0.2, 0.25) is 0 Å². The van der Waals surface area contributed by atoms with Crippen molar-refractivity contribution in [3.8, 4) is 0 Å². The fourth-order valence-corrected chi connectivity index (χ4v) is 5.42. The third-order valence-electron chi connectivity index (χ3n) is 7.08. The van der Waals surface area contributed by atoms with E-state index in [0.717, 1.165) is 46.5 Å². The molecule has 0 bridgehead atoms. The van der Waals surface area contributed by atoms with Crippen molar-refractivity contribution in [1.29, 1.82) is 0 Å². The van der Waals surface area contributed by atoms with Gasteiger partial charge in [-0.25, -0.2) is 9.59 Å². The van der Waals surface area contributed by atoms with Crippen LogP contribution in [0, 0.1) is 13.8 Å². The van der Waals surface area contributed by atoms with Crippen molar-refractivity contribution >= 4 is 66.7 Å².